The van der Waals surface area contributed by atoms with Gasteiger partial charge in [-0.2, -0.15) is 0 Å². The van der Waals surface area contributed by atoms with E-state index in [9.17, 15) is 9.59 Å². The van der Waals surface area contributed by atoms with E-state index in [-0.39, 0.29) is 24.0 Å². The van der Waals surface area contributed by atoms with E-state index >= 15 is 0 Å². The molecule has 4 aliphatic rings. The first-order valence-electron chi connectivity index (χ1n) is 9.84. The van der Waals surface area contributed by atoms with E-state index in [1.807, 2.05) is 35.0 Å². The van der Waals surface area contributed by atoms with Crippen molar-refractivity contribution < 1.29 is 14.3 Å². The zero-order valence-corrected chi connectivity index (χ0v) is 15.6. The van der Waals surface area contributed by atoms with E-state index in [0.29, 0.717) is 11.8 Å². The average molecular weight is 367 g/mol. The first-order chi connectivity index (χ1) is 13.0. The third-order valence-electron chi connectivity index (χ3n) is 6.70. The van der Waals surface area contributed by atoms with Gasteiger partial charge in [-0.25, -0.2) is 4.98 Å². The molecule has 0 saturated heterocycles. The van der Waals surface area contributed by atoms with Crippen molar-refractivity contribution >= 4 is 17.5 Å². The predicted octanol–water partition coefficient (Wildman–Crippen LogP) is 2.85. The maximum Gasteiger partial charge on any atom is 0.312 e. The minimum Gasteiger partial charge on any atom is -0.459 e. The van der Waals surface area contributed by atoms with Crippen molar-refractivity contribution in [2.75, 3.05) is 0 Å². The lowest BCUT2D eigenvalue weighted by Crippen LogP contribution is -2.64. The summed E-state index contributed by atoms with van der Waals surface area (Å²) in [7, 11) is 0. The summed E-state index contributed by atoms with van der Waals surface area (Å²) in [5.41, 5.74) is 0.961. The van der Waals surface area contributed by atoms with Crippen LogP contribution in [0, 0.1) is 17.3 Å². The summed E-state index contributed by atoms with van der Waals surface area (Å²) in [5, 5.41) is 3.20. The standard InChI is InChI=1S/C21H25N3O3/c1-14(25)23-21-9-15-6-16(10-21)8-20(7-15,13-21)19(26)27-12-17-11-24-5-3-2-4-18(24)22-17/h2-5,11,15-16H,6-10,12-13H2,1H3,(H,23,25). The molecular weight excluding hydrogens is 342 g/mol. The highest BCUT2D eigenvalue weighted by Gasteiger charge is 2.61. The Morgan fingerprint density at radius 3 is 2.74 bits per heavy atom. The van der Waals surface area contributed by atoms with Gasteiger partial charge >= 0.3 is 5.97 Å². The molecule has 2 unspecified atom stereocenters. The summed E-state index contributed by atoms with van der Waals surface area (Å²) in [6.45, 7) is 1.78. The molecule has 142 valence electrons. The number of carbonyl (C=O) groups excluding carboxylic acids is 2. The molecule has 27 heavy (non-hydrogen) atoms. The molecule has 6 rings (SSSR count). The van der Waals surface area contributed by atoms with Gasteiger partial charge in [0.2, 0.25) is 5.91 Å². The lowest BCUT2D eigenvalue weighted by Gasteiger charge is -2.60. The van der Waals surface area contributed by atoms with Crippen LogP contribution in [0.25, 0.3) is 5.65 Å². The van der Waals surface area contributed by atoms with Gasteiger partial charge in [0, 0.05) is 24.9 Å². The number of imidazole rings is 1. The summed E-state index contributed by atoms with van der Waals surface area (Å²) in [6, 6.07) is 5.82. The number of pyridine rings is 1. The van der Waals surface area contributed by atoms with Crippen molar-refractivity contribution in [3.05, 3.63) is 36.3 Å². The Labute approximate surface area is 158 Å². The van der Waals surface area contributed by atoms with Crippen molar-refractivity contribution in [3.63, 3.8) is 0 Å². The number of ether oxygens (including phenoxy) is 1. The average Bonchev–Trinajstić information content (AvgIpc) is 3.00. The number of hydrogen-bond donors (Lipinski definition) is 1. The fourth-order valence-corrected chi connectivity index (χ4v) is 6.37. The predicted molar refractivity (Wildman–Crippen MR) is 98.7 cm³/mol. The maximum absolute atomic E-state index is 13.1. The summed E-state index contributed by atoms with van der Waals surface area (Å²) in [5.74, 6) is 0.926. The minimum absolute atomic E-state index is 0.00478. The van der Waals surface area contributed by atoms with Gasteiger partial charge in [-0.05, 0) is 62.5 Å². The Balaban J connectivity index is 1.34. The quantitative estimate of drug-likeness (QED) is 0.844. The monoisotopic (exact) mass is 367 g/mol. The number of esters is 1. The van der Waals surface area contributed by atoms with Crippen LogP contribution < -0.4 is 5.32 Å². The zero-order chi connectivity index (χ0) is 18.6. The highest BCUT2D eigenvalue weighted by Crippen LogP contribution is 2.62. The van der Waals surface area contributed by atoms with Gasteiger partial charge in [0.1, 0.15) is 12.3 Å². The van der Waals surface area contributed by atoms with E-state index < -0.39 is 5.41 Å². The van der Waals surface area contributed by atoms with Gasteiger partial charge in [0.05, 0.1) is 11.1 Å². The number of nitrogens with one attached hydrogen (secondary N) is 1. The zero-order valence-electron chi connectivity index (χ0n) is 15.6. The van der Waals surface area contributed by atoms with Crippen LogP contribution in [0.4, 0.5) is 0 Å². The van der Waals surface area contributed by atoms with Crippen molar-refractivity contribution in [3.8, 4) is 0 Å². The van der Waals surface area contributed by atoms with Gasteiger partial charge in [-0.15, -0.1) is 0 Å². The second kappa shape index (κ2) is 5.81. The van der Waals surface area contributed by atoms with Gasteiger partial charge in [0.25, 0.3) is 0 Å². The van der Waals surface area contributed by atoms with Gasteiger partial charge in [0.15, 0.2) is 0 Å². The lowest BCUT2D eigenvalue weighted by molar-refractivity contribution is -0.177. The first-order valence-corrected chi connectivity index (χ1v) is 9.84. The van der Waals surface area contributed by atoms with Crippen LogP contribution in [0.3, 0.4) is 0 Å². The molecule has 2 atom stereocenters. The van der Waals surface area contributed by atoms with E-state index in [2.05, 4.69) is 10.3 Å². The molecule has 2 aromatic heterocycles. The second-order valence-corrected chi connectivity index (χ2v) is 8.98. The molecular formula is C21H25N3O3. The number of hydrogen-bond acceptors (Lipinski definition) is 4. The van der Waals surface area contributed by atoms with Crippen molar-refractivity contribution in [2.24, 2.45) is 17.3 Å². The highest BCUT2D eigenvalue weighted by molar-refractivity contribution is 5.79. The van der Waals surface area contributed by atoms with E-state index in [1.165, 1.54) is 6.42 Å². The number of fused-ring (bicyclic) bond motifs is 1. The highest BCUT2D eigenvalue weighted by atomic mass is 16.5. The maximum atomic E-state index is 13.1. The summed E-state index contributed by atoms with van der Waals surface area (Å²) in [6.07, 6.45) is 9.54. The Morgan fingerprint density at radius 1 is 1.26 bits per heavy atom. The number of rotatable bonds is 4. The fraction of sp³-hybridized carbons (Fsp3) is 0.571. The van der Waals surface area contributed by atoms with Gasteiger partial charge in [-0.3, -0.25) is 9.59 Å². The molecule has 4 bridgehead atoms. The molecule has 2 heterocycles. The number of amides is 1. The van der Waals surface area contributed by atoms with Crippen LogP contribution in [0.1, 0.15) is 51.1 Å². The normalized spacial score (nSPS) is 34.0. The molecule has 4 aliphatic carbocycles. The summed E-state index contributed by atoms with van der Waals surface area (Å²) in [4.78, 5) is 29.4. The second-order valence-electron chi connectivity index (χ2n) is 8.98. The SMILES string of the molecule is CC(=O)NC12CC3CC(C1)CC(C(=O)OCc1cn4ccccc4n1)(C3)C2. The summed E-state index contributed by atoms with van der Waals surface area (Å²) < 4.78 is 7.70. The van der Waals surface area contributed by atoms with Crippen LogP contribution >= 0.6 is 0 Å². The summed E-state index contributed by atoms with van der Waals surface area (Å²) >= 11 is 0. The molecule has 1 N–H and O–H groups in total. The smallest absolute Gasteiger partial charge is 0.312 e. The molecule has 0 aliphatic heterocycles. The number of carbonyl (C=O) groups is 2. The van der Waals surface area contributed by atoms with Crippen LogP contribution in [0.15, 0.2) is 30.6 Å². The Morgan fingerprint density at radius 2 is 2.04 bits per heavy atom. The van der Waals surface area contributed by atoms with Gasteiger partial charge in [-0.1, -0.05) is 6.07 Å². The Hall–Kier alpha value is -2.37. The largest absolute Gasteiger partial charge is 0.459 e. The Bertz CT molecular complexity index is 871. The molecule has 0 spiro atoms. The van der Waals surface area contributed by atoms with Crippen molar-refractivity contribution in [1.29, 1.82) is 0 Å². The van der Waals surface area contributed by atoms with Crippen LogP contribution in [0.5, 0.6) is 0 Å². The molecule has 0 aromatic carbocycles. The van der Waals surface area contributed by atoms with E-state index in [1.54, 1.807) is 6.92 Å². The number of nitrogens with zero attached hydrogens (tertiary/aromatic N) is 2. The Kier molecular flexibility index (Phi) is 3.61. The molecule has 1 amide bonds. The first kappa shape index (κ1) is 16.8. The molecule has 2 aromatic rings. The molecule has 6 nitrogen and oxygen atoms in total. The molecule has 6 heteroatoms. The fourth-order valence-electron chi connectivity index (χ4n) is 6.37. The number of aromatic nitrogens is 2. The van der Waals surface area contributed by atoms with Crippen molar-refractivity contribution in [1.82, 2.24) is 14.7 Å². The van der Waals surface area contributed by atoms with E-state index in [0.717, 1.165) is 43.4 Å². The van der Waals surface area contributed by atoms with E-state index in [4.69, 9.17) is 4.74 Å². The molecule has 4 fully saturated rings. The van der Waals surface area contributed by atoms with Crippen molar-refractivity contribution in [2.45, 2.75) is 57.6 Å². The molecule has 0 radical (unpaired) electrons. The third-order valence-corrected chi connectivity index (χ3v) is 6.70. The topological polar surface area (TPSA) is 72.7 Å². The third kappa shape index (κ3) is 2.82. The lowest BCUT2D eigenvalue weighted by atomic mass is 9.47. The minimum atomic E-state index is -0.439. The van der Waals surface area contributed by atoms with Crippen LogP contribution in [-0.4, -0.2) is 26.8 Å². The van der Waals surface area contributed by atoms with Crippen LogP contribution in [0.2, 0.25) is 0 Å². The van der Waals surface area contributed by atoms with Crippen LogP contribution in [-0.2, 0) is 20.9 Å². The van der Waals surface area contributed by atoms with Gasteiger partial charge < -0.3 is 14.5 Å². The molecule has 4 saturated carbocycles.